The van der Waals surface area contributed by atoms with Gasteiger partial charge in [0.15, 0.2) is 0 Å². The Morgan fingerprint density at radius 2 is 2.18 bits per heavy atom. The SMILES string of the molecule is O=c1sccn1Cc1ccn(C2CCCC2)n1. The maximum Gasteiger partial charge on any atom is 0.307 e. The predicted octanol–water partition coefficient (Wildman–Crippen LogP) is 2.27. The summed E-state index contributed by atoms with van der Waals surface area (Å²) >= 11 is 1.23. The van der Waals surface area contributed by atoms with Crippen LogP contribution >= 0.6 is 11.3 Å². The highest BCUT2D eigenvalue weighted by atomic mass is 32.1. The Hall–Kier alpha value is -1.36. The van der Waals surface area contributed by atoms with Crippen molar-refractivity contribution in [2.24, 2.45) is 0 Å². The van der Waals surface area contributed by atoms with Crippen LogP contribution in [0.1, 0.15) is 37.4 Å². The minimum atomic E-state index is 0.0837. The van der Waals surface area contributed by atoms with Crippen molar-refractivity contribution in [3.8, 4) is 0 Å². The average Bonchev–Trinajstić information content (AvgIpc) is 3.02. The van der Waals surface area contributed by atoms with E-state index < -0.39 is 0 Å². The number of rotatable bonds is 3. The molecule has 1 aliphatic rings. The summed E-state index contributed by atoms with van der Waals surface area (Å²) in [4.78, 5) is 11.5. The zero-order valence-electron chi connectivity index (χ0n) is 9.58. The molecule has 0 saturated heterocycles. The molecule has 0 spiro atoms. The number of hydrogen-bond donors (Lipinski definition) is 0. The van der Waals surface area contributed by atoms with Crippen LogP contribution in [0.5, 0.6) is 0 Å². The first-order valence-corrected chi connectivity index (χ1v) is 6.89. The third-order valence-electron chi connectivity index (χ3n) is 3.34. The van der Waals surface area contributed by atoms with Gasteiger partial charge in [-0.3, -0.25) is 14.0 Å². The van der Waals surface area contributed by atoms with Gasteiger partial charge in [-0.25, -0.2) is 0 Å². The van der Waals surface area contributed by atoms with Gasteiger partial charge in [-0.2, -0.15) is 5.10 Å². The summed E-state index contributed by atoms with van der Waals surface area (Å²) in [6, 6.07) is 2.59. The Kier molecular flexibility index (Phi) is 2.84. The normalized spacial score (nSPS) is 16.7. The van der Waals surface area contributed by atoms with Crippen LogP contribution in [-0.4, -0.2) is 14.3 Å². The maximum atomic E-state index is 11.4. The Morgan fingerprint density at radius 3 is 2.88 bits per heavy atom. The van der Waals surface area contributed by atoms with Crippen molar-refractivity contribution in [3.63, 3.8) is 0 Å². The highest BCUT2D eigenvalue weighted by Crippen LogP contribution is 2.28. The van der Waals surface area contributed by atoms with Gasteiger partial charge in [-0.05, 0) is 18.9 Å². The minimum absolute atomic E-state index is 0.0837. The summed E-state index contributed by atoms with van der Waals surface area (Å²) in [6.07, 6.45) is 8.96. The second-order valence-corrected chi connectivity index (χ2v) is 5.38. The standard InChI is InChI=1S/C12H15N3OS/c16-12-14(7-8-17-12)9-10-5-6-15(13-10)11-3-1-2-4-11/h5-8,11H,1-4,9H2. The molecule has 1 aliphatic carbocycles. The van der Waals surface area contributed by atoms with E-state index in [0.29, 0.717) is 12.6 Å². The molecule has 0 aromatic carbocycles. The van der Waals surface area contributed by atoms with Crippen molar-refractivity contribution in [2.45, 2.75) is 38.3 Å². The monoisotopic (exact) mass is 249 g/mol. The van der Waals surface area contributed by atoms with E-state index in [1.807, 2.05) is 23.8 Å². The number of thiazole rings is 1. The summed E-state index contributed by atoms with van der Waals surface area (Å²) < 4.78 is 3.77. The Balaban J connectivity index is 1.76. The average molecular weight is 249 g/mol. The summed E-state index contributed by atoms with van der Waals surface area (Å²) in [5, 5.41) is 6.39. The van der Waals surface area contributed by atoms with Gasteiger partial charge in [-0.15, -0.1) is 0 Å². The van der Waals surface area contributed by atoms with E-state index in [1.54, 1.807) is 4.57 Å². The Morgan fingerprint density at radius 1 is 1.35 bits per heavy atom. The summed E-state index contributed by atoms with van der Waals surface area (Å²) in [5.41, 5.74) is 0.970. The van der Waals surface area contributed by atoms with Gasteiger partial charge >= 0.3 is 4.87 Å². The Bertz CT molecular complexity index is 548. The fourth-order valence-corrected chi connectivity index (χ4v) is 3.00. The molecule has 2 heterocycles. The third-order valence-corrected chi connectivity index (χ3v) is 4.03. The van der Waals surface area contributed by atoms with E-state index in [2.05, 4.69) is 9.78 Å². The number of aromatic nitrogens is 3. The van der Waals surface area contributed by atoms with Gasteiger partial charge in [0.1, 0.15) is 0 Å². The molecular formula is C12H15N3OS. The van der Waals surface area contributed by atoms with Crippen LogP contribution in [0.15, 0.2) is 28.6 Å². The van der Waals surface area contributed by atoms with Gasteiger partial charge in [0.2, 0.25) is 0 Å². The largest absolute Gasteiger partial charge is 0.307 e. The molecule has 1 saturated carbocycles. The van der Waals surface area contributed by atoms with Gasteiger partial charge in [0.05, 0.1) is 18.3 Å². The molecule has 2 aromatic rings. The van der Waals surface area contributed by atoms with Crippen molar-refractivity contribution in [2.75, 3.05) is 0 Å². The first-order chi connectivity index (χ1) is 8.33. The molecule has 0 aliphatic heterocycles. The van der Waals surface area contributed by atoms with E-state index >= 15 is 0 Å². The van der Waals surface area contributed by atoms with Crippen LogP contribution in [0.25, 0.3) is 0 Å². The van der Waals surface area contributed by atoms with Gasteiger partial charge in [-0.1, -0.05) is 24.2 Å². The predicted molar refractivity (Wildman–Crippen MR) is 67.4 cm³/mol. The zero-order valence-corrected chi connectivity index (χ0v) is 10.4. The molecule has 0 bridgehead atoms. The van der Waals surface area contributed by atoms with Crippen LogP contribution in [-0.2, 0) is 6.54 Å². The number of nitrogens with zero attached hydrogens (tertiary/aromatic N) is 3. The van der Waals surface area contributed by atoms with Crippen molar-refractivity contribution < 1.29 is 0 Å². The highest BCUT2D eigenvalue weighted by Gasteiger charge is 2.17. The molecule has 0 N–H and O–H groups in total. The Labute approximate surface area is 104 Å². The van der Waals surface area contributed by atoms with Crippen LogP contribution < -0.4 is 4.87 Å². The molecule has 2 aromatic heterocycles. The van der Waals surface area contributed by atoms with E-state index in [-0.39, 0.29) is 4.87 Å². The molecule has 0 radical (unpaired) electrons. The fraction of sp³-hybridized carbons (Fsp3) is 0.500. The van der Waals surface area contributed by atoms with Crippen molar-refractivity contribution in [3.05, 3.63) is 39.2 Å². The quantitative estimate of drug-likeness (QED) is 0.837. The van der Waals surface area contributed by atoms with E-state index in [9.17, 15) is 4.79 Å². The summed E-state index contributed by atoms with van der Waals surface area (Å²) in [6.45, 7) is 0.585. The van der Waals surface area contributed by atoms with Crippen LogP contribution in [0.2, 0.25) is 0 Å². The molecule has 90 valence electrons. The lowest BCUT2D eigenvalue weighted by Crippen LogP contribution is -2.13. The second kappa shape index (κ2) is 4.49. The first-order valence-electron chi connectivity index (χ1n) is 6.01. The second-order valence-electron chi connectivity index (χ2n) is 4.52. The molecular weight excluding hydrogens is 234 g/mol. The van der Waals surface area contributed by atoms with Crippen molar-refractivity contribution >= 4 is 11.3 Å². The van der Waals surface area contributed by atoms with E-state index in [4.69, 9.17) is 0 Å². The lowest BCUT2D eigenvalue weighted by molar-refractivity contribution is 0.461. The summed E-state index contributed by atoms with van der Waals surface area (Å²) in [5.74, 6) is 0. The maximum absolute atomic E-state index is 11.4. The molecule has 17 heavy (non-hydrogen) atoms. The fourth-order valence-electron chi connectivity index (χ4n) is 2.42. The highest BCUT2D eigenvalue weighted by molar-refractivity contribution is 7.07. The number of hydrogen-bond acceptors (Lipinski definition) is 3. The van der Waals surface area contributed by atoms with Gasteiger partial charge in [0, 0.05) is 17.8 Å². The van der Waals surface area contributed by atoms with Gasteiger partial charge in [0.25, 0.3) is 0 Å². The third kappa shape index (κ3) is 2.20. The molecule has 1 fully saturated rings. The van der Waals surface area contributed by atoms with Crippen LogP contribution in [0, 0.1) is 0 Å². The smallest absolute Gasteiger partial charge is 0.300 e. The van der Waals surface area contributed by atoms with Crippen LogP contribution in [0.4, 0.5) is 0 Å². The molecule has 0 amide bonds. The molecule has 4 nitrogen and oxygen atoms in total. The van der Waals surface area contributed by atoms with Crippen LogP contribution in [0.3, 0.4) is 0 Å². The molecule has 3 rings (SSSR count). The van der Waals surface area contributed by atoms with Crippen molar-refractivity contribution in [1.82, 2.24) is 14.3 Å². The summed E-state index contributed by atoms with van der Waals surface area (Å²) in [7, 11) is 0. The van der Waals surface area contributed by atoms with E-state index in [1.165, 1.54) is 37.0 Å². The topological polar surface area (TPSA) is 39.8 Å². The molecule has 5 heteroatoms. The molecule has 0 unspecified atom stereocenters. The van der Waals surface area contributed by atoms with Gasteiger partial charge < -0.3 is 0 Å². The van der Waals surface area contributed by atoms with E-state index in [0.717, 1.165) is 5.69 Å². The molecule has 0 atom stereocenters. The zero-order chi connectivity index (χ0) is 11.7. The lowest BCUT2D eigenvalue weighted by Gasteiger charge is -2.08. The lowest BCUT2D eigenvalue weighted by atomic mass is 10.3. The minimum Gasteiger partial charge on any atom is -0.300 e. The van der Waals surface area contributed by atoms with Crippen molar-refractivity contribution in [1.29, 1.82) is 0 Å². The first kappa shape index (κ1) is 10.8.